The SMILES string of the molecule is CCCc1c(C)c(C#N)c2nc3ccccc3n2c1NC1CCCCC1. The third-order valence-corrected chi connectivity index (χ3v) is 5.68. The van der Waals surface area contributed by atoms with Gasteiger partial charge < -0.3 is 5.32 Å². The van der Waals surface area contributed by atoms with Gasteiger partial charge in [0, 0.05) is 6.04 Å². The van der Waals surface area contributed by atoms with E-state index in [9.17, 15) is 5.26 Å². The number of fused-ring (bicyclic) bond motifs is 3. The number of imidazole rings is 1. The number of pyridine rings is 1. The Balaban J connectivity index is 2.01. The van der Waals surface area contributed by atoms with Crippen LogP contribution >= 0.6 is 0 Å². The van der Waals surface area contributed by atoms with E-state index < -0.39 is 0 Å². The molecule has 0 saturated heterocycles. The fourth-order valence-corrected chi connectivity index (χ4v) is 4.33. The number of anilines is 1. The molecule has 4 nitrogen and oxygen atoms in total. The van der Waals surface area contributed by atoms with Crippen LogP contribution in [-0.2, 0) is 6.42 Å². The summed E-state index contributed by atoms with van der Waals surface area (Å²) in [6.07, 6.45) is 8.40. The number of nitriles is 1. The molecule has 4 rings (SSSR count). The molecule has 1 fully saturated rings. The van der Waals surface area contributed by atoms with E-state index in [1.54, 1.807) is 0 Å². The van der Waals surface area contributed by atoms with E-state index >= 15 is 0 Å². The molecule has 26 heavy (non-hydrogen) atoms. The molecule has 2 aromatic heterocycles. The van der Waals surface area contributed by atoms with Crippen LogP contribution in [0.2, 0.25) is 0 Å². The van der Waals surface area contributed by atoms with E-state index in [1.807, 2.05) is 18.2 Å². The van der Waals surface area contributed by atoms with E-state index in [0.29, 0.717) is 11.6 Å². The number of benzene rings is 1. The number of aromatic nitrogens is 2. The van der Waals surface area contributed by atoms with Gasteiger partial charge in [-0.2, -0.15) is 5.26 Å². The molecule has 0 aliphatic heterocycles. The van der Waals surface area contributed by atoms with Crippen molar-refractivity contribution >= 4 is 22.5 Å². The van der Waals surface area contributed by atoms with Crippen LogP contribution in [0.5, 0.6) is 0 Å². The molecule has 0 radical (unpaired) electrons. The zero-order valence-corrected chi connectivity index (χ0v) is 15.7. The number of rotatable bonds is 4. The van der Waals surface area contributed by atoms with E-state index in [-0.39, 0.29) is 0 Å². The van der Waals surface area contributed by atoms with Crippen molar-refractivity contribution in [2.75, 3.05) is 5.32 Å². The third-order valence-electron chi connectivity index (χ3n) is 5.68. The van der Waals surface area contributed by atoms with Gasteiger partial charge in [-0.25, -0.2) is 4.98 Å². The fourth-order valence-electron chi connectivity index (χ4n) is 4.33. The lowest BCUT2D eigenvalue weighted by molar-refractivity contribution is 0.461. The van der Waals surface area contributed by atoms with Crippen LogP contribution in [-0.4, -0.2) is 15.4 Å². The summed E-state index contributed by atoms with van der Waals surface area (Å²) in [5.74, 6) is 1.15. The first-order valence-corrected chi connectivity index (χ1v) is 9.83. The number of nitrogens with one attached hydrogen (secondary N) is 1. The van der Waals surface area contributed by atoms with Gasteiger partial charge in [-0.1, -0.05) is 44.7 Å². The minimum atomic E-state index is 0.510. The predicted octanol–water partition coefficient (Wildman–Crippen LogP) is 5.36. The highest BCUT2D eigenvalue weighted by Gasteiger charge is 2.22. The first-order valence-electron chi connectivity index (χ1n) is 9.83. The lowest BCUT2D eigenvalue weighted by atomic mass is 9.94. The minimum Gasteiger partial charge on any atom is -0.368 e. The molecular weight excluding hydrogens is 320 g/mol. The normalized spacial score (nSPS) is 15.4. The van der Waals surface area contributed by atoms with Gasteiger partial charge in [0.25, 0.3) is 0 Å². The molecule has 3 aromatic rings. The van der Waals surface area contributed by atoms with Gasteiger partial charge >= 0.3 is 0 Å². The van der Waals surface area contributed by atoms with Gasteiger partial charge in [0.1, 0.15) is 11.9 Å². The topological polar surface area (TPSA) is 53.1 Å². The van der Waals surface area contributed by atoms with Crippen LogP contribution in [0.1, 0.15) is 62.1 Å². The third kappa shape index (κ3) is 2.72. The van der Waals surface area contributed by atoms with E-state index in [0.717, 1.165) is 40.9 Å². The van der Waals surface area contributed by atoms with Crippen LogP contribution in [0, 0.1) is 18.3 Å². The second-order valence-corrected chi connectivity index (χ2v) is 7.43. The second-order valence-electron chi connectivity index (χ2n) is 7.43. The Kier molecular flexibility index (Phi) is 4.55. The van der Waals surface area contributed by atoms with Gasteiger partial charge in [0.2, 0.25) is 0 Å². The second kappa shape index (κ2) is 6.99. The summed E-state index contributed by atoms with van der Waals surface area (Å²) in [5.41, 5.74) is 5.86. The molecular formula is C22H26N4. The summed E-state index contributed by atoms with van der Waals surface area (Å²) in [4.78, 5) is 4.80. The van der Waals surface area contributed by atoms with Crippen molar-refractivity contribution in [3.8, 4) is 6.07 Å². The lowest BCUT2D eigenvalue weighted by Gasteiger charge is -2.27. The molecule has 2 heterocycles. The highest BCUT2D eigenvalue weighted by molar-refractivity contribution is 5.86. The van der Waals surface area contributed by atoms with E-state index in [2.05, 4.69) is 35.7 Å². The Morgan fingerprint density at radius 3 is 2.73 bits per heavy atom. The molecule has 1 aliphatic carbocycles. The van der Waals surface area contributed by atoms with Gasteiger partial charge in [0.05, 0.1) is 16.6 Å². The molecule has 1 aliphatic rings. The van der Waals surface area contributed by atoms with Crippen molar-refractivity contribution in [1.29, 1.82) is 5.26 Å². The summed E-state index contributed by atoms with van der Waals surface area (Å²) >= 11 is 0. The molecule has 0 spiro atoms. The summed E-state index contributed by atoms with van der Waals surface area (Å²) in [5, 5.41) is 13.7. The Hall–Kier alpha value is -2.54. The molecule has 1 aromatic carbocycles. The largest absolute Gasteiger partial charge is 0.368 e. The molecule has 0 amide bonds. The maximum Gasteiger partial charge on any atom is 0.157 e. The first-order chi connectivity index (χ1) is 12.7. The predicted molar refractivity (Wildman–Crippen MR) is 107 cm³/mol. The molecule has 0 atom stereocenters. The van der Waals surface area contributed by atoms with Gasteiger partial charge in [-0.3, -0.25) is 4.40 Å². The van der Waals surface area contributed by atoms with Gasteiger partial charge in [-0.15, -0.1) is 0 Å². The van der Waals surface area contributed by atoms with Crippen LogP contribution in [0.3, 0.4) is 0 Å². The summed E-state index contributed by atoms with van der Waals surface area (Å²) in [6, 6.07) is 11.1. The van der Waals surface area contributed by atoms with E-state index in [4.69, 9.17) is 4.98 Å². The molecule has 1 N–H and O–H groups in total. The van der Waals surface area contributed by atoms with E-state index in [1.165, 1.54) is 37.7 Å². The minimum absolute atomic E-state index is 0.510. The summed E-state index contributed by atoms with van der Waals surface area (Å²) in [7, 11) is 0. The first kappa shape index (κ1) is 16.9. The molecule has 0 unspecified atom stereocenters. The van der Waals surface area contributed by atoms with Gasteiger partial charge in [-0.05, 0) is 49.4 Å². The fraction of sp³-hybridized carbons (Fsp3) is 0.455. The van der Waals surface area contributed by atoms with Crippen molar-refractivity contribution in [2.24, 2.45) is 0 Å². The number of para-hydroxylation sites is 2. The molecule has 134 valence electrons. The Morgan fingerprint density at radius 2 is 2.00 bits per heavy atom. The number of hydrogen-bond donors (Lipinski definition) is 1. The molecule has 4 heteroatoms. The van der Waals surface area contributed by atoms with Crippen molar-refractivity contribution in [1.82, 2.24) is 9.38 Å². The molecule has 0 bridgehead atoms. The van der Waals surface area contributed by atoms with Crippen LogP contribution in [0.4, 0.5) is 5.82 Å². The smallest absolute Gasteiger partial charge is 0.157 e. The van der Waals surface area contributed by atoms with Crippen molar-refractivity contribution in [2.45, 2.75) is 64.8 Å². The number of nitrogens with zero attached hydrogens (tertiary/aromatic N) is 3. The van der Waals surface area contributed by atoms with Crippen molar-refractivity contribution in [3.05, 3.63) is 41.0 Å². The van der Waals surface area contributed by atoms with Crippen LogP contribution < -0.4 is 5.32 Å². The highest BCUT2D eigenvalue weighted by Crippen LogP contribution is 2.33. The zero-order valence-electron chi connectivity index (χ0n) is 15.7. The monoisotopic (exact) mass is 346 g/mol. The maximum absolute atomic E-state index is 9.82. The van der Waals surface area contributed by atoms with Gasteiger partial charge in [0.15, 0.2) is 5.65 Å². The Labute approximate surface area is 154 Å². The number of hydrogen-bond acceptors (Lipinski definition) is 3. The lowest BCUT2D eigenvalue weighted by Crippen LogP contribution is -2.25. The average molecular weight is 346 g/mol. The van der Waals surface area contributed by atoms with Crippen LogP contribution in [0.25, 0.3) is 16.7 Å². The quantitative estimate of drug-likeness (QED) is 0.691. The zero-order chi connectivity index (χ0) is 18.1. The van der Waals surface area contributed by atoms with Crippen molar-refractivity contribution in [3.63, 3.8) is 0 Å². The van der Waals surface area contributed by atoms with Crippen molar-refractivity contribution < 1.29 is 0 Å². The Bertz CT molecular complexity index is 987. The Morgan fingerprint density at radius 1 is 1.23 bits per heavy atom. The molecule has 1 saturated carbocycles. The van der Waals surface area contributed by atoms with Crippen LogP contribution in [0.15, 0.2) is 24.3 Å². The standard InChI is InChI=1S/C22H26N4/c1-3-9-17-15(2)18(14-23)22-25-19-12-7-8-13-20(19)26(22)21(17)24-16-10-5-4-6-11-16/h7-8,12-13,16,24H,3-6,9-11H2,1-2H3. The highest BCUT2D eigenvalue weighted by atomic mass is 15.1. The maximum atomic E-state index is 9.82. The summed E-state index contributed by atoms with van der Waals surface area (Å²) in [6.45, 7) is 4.28. The average Bonchev–Trinajstić information content (AvgIpc) is 3.05. The summed E-state index contributed by atoms with van der Waals surface area (Å²) < 4.78 is 2.19.